The molecule has 0 bridgehead atoms. The Morgan fingerprint density at radius 3 is 2.48 bits per heavy atom. The quantitative estimate of drug-likeness (QED) is 0.449. The van der Waals surface area contributed by atoms with Gasteiger partial charge in [-0.15, -0.1) is 0 Å². The lowest BCUT2D eigenvalue weighted by Gasteiger charge is -2.08. The van der Waals surface area contributed by atoms with Crippen LogP contribution in [0.4, 0.5) is 5.69 Å². The largest absolute Gasteiger partial charge is 0.378 e. The Morgan fingerprint density at radius 1 is 1.19 bits per heavy atom. The zero-order valence-electron chi connectivity index (χ0n) is 10.2. The van der Waals surface area contributed by atoms with Crippen molar-refractivity contribution < 1.29 is 17.5 Å². The van der Waals surface area contributed by atoms with Crippen molar-refractivity contribution in [2.24, 2.45) is 0 Å². The lowest BCUT2D eigenvalue weighted by atomic mass is 10.3. The third-order valence-electron chi connectivity index (χ3n) is 2.44. The zero-order valence-corrected chi connectivity index (χ0v) is 13.4. The van der Waals surface area contributed by atoms with Gasteiger partial charge in [0.15, 0.2) is 5.75 Å². The van der Waals surface area contributed by atoms with E-state index in [4.69, 9.17) is 15.8 Å². The molecule has 0 amide bonds. The molecule has 0 aromatic heterocycles. The summed E-state index contributed by atoms with van der Waals surface area (Å²) in [6.07, 6.45) is 0. The summed E-state index contributed by atoms with van der Waals surface area (Å²) in [5.41, 5.74) is -0.506. The fourth-order valence-corrected chi connectivity index (χ4v) is 3.09. The fraction of sp³-hybridized carbons (Fsp3) is 0. The first-order valence-electron chi connectivity index (χ1n) is 5.44. The molecular formula is C12H7BrClNO5S. The second-order valence-corrected chi connectivity index (χ2v) is 6.65. The number of halogens is 2. The molecule has 0 unspecified atom stereocenters. The Labute approximate surface area is 133 Å². The molecule has 2 rings (SSSR count). The van der Waals surface area contributed by atoms with Crippen LogP contribution in [0, 0.1) is 10.1 Å². The maximum Gasteiger partial charge on any atom is 0.339 e. The summed E-state index contributed by atoms with van der Waals surface area (Å²) in [4.78, 5) is 9.67. The van der Waals surface area contributed by atoms with Gasteiger partial charge in [0.25, 0.3) is 5.69 Å². The molecule has 0 saturated carbocycles. The molecule has 0 fully saturated rings. The minimum Gasteiger partial charge on any atom is -0.378 e. The second-order valence-electron chi connectivity index (χ2n) is 3.84. The van der Waals surface area contributed by atoms with E-state index in [2.05, 4.69) is 15.9 Å². The summed E-state index contributed by atoms with van der Waals surface area (Å²) in [6, 6.07) is 9.48. The fourth-order valence-electron chi connectivity index (χ4n) is 1.47. The standard InChI is InChI=1S/C12H7BrClNO5S/c13-9-3-1-2-4-12(9)20-21(18,19)8-5-6-10(14)11(7-8)15(16)17/h1-7H. The number of nitrogens with zero attached hydrogens (tertiary/aromatic N) is 1. The number of hydrogen-bond donors (Lipinski definition) is 0. The predicted molar refractivity (Wildman–Crippen MR) is 80.1 cm³/mol. The van der Waals surface area contributed by atoms with Crippen LogP contribution in [-0.2, 0) is 10.1 Å². The van der Waals surface area contributed by atoms with E-state index < -0.39 is 20.7 Å². The van der Waals surface area contributed by atoms with Gasteiger partial charge >= 0.3 is 10.1 Å². The highest BCUT2D eigenvalue weighted by atomic mass is 79.9. The van der Waals surface area contributed by atoms with Crippen molar-refractivity contribution in [3.63, 3.8) is 0 Å². The van der Waals surface area contributed by atoms with Crippen molar-refractivity contribution in [3.8, 4) is 5.75 Å². The van der Waals surface area contributed by atoms with Crippen LogP contribution < -0.4 is 4.18 Å². The van der Waals surface area contributed by atoms with E-state index in [9.17, 15) is 18.5 Å². The van der Waals surface area contributed by atoms with Gasteiger partial charge in [0, 0.05) is 6.07 Å². The number of nitro benzene ring substituents is 1. The first kappa shape index (κ1) is 15.7. The second kappa shape index (κ2) is 6.00. The van der Waals surface area contributed by atoms with Crippen molar-refractivity contribution in [1.82, 2.24) is 0 Å². The molecule has 0 saturated heterocycles. The third kappa shape index (κ3) is 3.52. The summed E-state index contributed by atoms with van der Waals surface area (Å²) in [5, 5.41) is 10.6. The normalized spacial score (nSPS) is 11.1. The monoisotopic (exact) mass is 391 g/mol. The molecule has 0 aliphatic rings. The Balaban J connectivity index is 2.43. The molecule has 9 heteroatoms. The summed E-state index contributed by atoms with van der Waals surface area (Å²) in [7, 11) is -4.20. The molecule has 0 N–H and O–H groups in total. The minimum atomic E-state index is -4.20. The van der Waals surface area contributed by atoms with Crippen LogP contribution in [0.1, 0.15) is 0 Å². The lowest BCUT2D eigenvalue weighted by Crippen LogP contribution is -2.10. The van der Waals surface area contributed by atoms with Crippen LogP contribution in [0.2, 0.25) is 5.02 Å². The molecule has 2 aromatic rings. The Hall–Kier alpha value is -1.64. The third-order valence-corrected chi connectivity index (χ3v) is 4.64. The molecule has 0 atom stereocenters. The number of nitro groups is 1. The van der Waals surface area contributed by atoms with Crippen LogP contribution in [0.25, 0.3) is 0 Å². The number of benzene rings is 2. The minimum absolute atomic E-state index is 0.0788. The first-order chi connectivity index (χ1) is 9.81. The van der Waals surface area contributed by atoms with E-state index in [0.29, 0.717) is 4.47 Å². The molecular weight excluding hydrogens is 386 g/mol. The van der Waals surface area contributed by atoms with Gasteiger partial charge < -0.3 is 4.18 Å². The van der Waals surface area contributed by atoms with E-state index in [-0.39, 0.29) is 15.7 Å². The van der Waals surface area contributed by atoms with Crippen molar-refractivity contribution in [2.75, 3.05) is 0 Å². The van der Waals surface area contributed by atoms with Gasteiger partial charge in [-0.3, -0.25) is 10.1 Å². The smallest absolute Gasteiger partial charge is 0.339 e. The molecule has 0 aliphatic carbocycles. The van der Waals surface area contributed by atoms with Crippen LogP contribution in [0.3, 0.4) is 0 Å². The Bertz CT molecular complexity index is 809. The molecule has 21 heavy (non-hydrogen) atoms. The Kier molecular flexibility index (Phi) is 4.50. The highest BCUT2D eigenvalue weighted by molar-refractivity contribution is 9.10. The van der Waals surface area contributed by atoms with Gasteiger partial charge in [0.2, 0.25) is 0 Å². The molecule has 0 radical (unpaired) electrons. The van der Waals surface area contributed by atoms with Gasteiger partial charge in [-0.25, -0.2) is 0 Å². The SMILES string of the molecule is O=[N+]([O-])c1cc(S(=O)(=O)Oc2ccccc2Br)ccc1Cl. The molecule has 0 aliphatic heterocycles. The van der Waals surface area contributed by atoms with Crippen LogP contribution in [-0.4, -0.2) is 13.3 Å². The maximum absolute atomic E-state index is 12.1. The van der Waals surface area contributed by atoms with Gasteiger partial charge in [0.1, 0.15) is 9.92 Å². The maximum atomic E-state index is 12.1. The molecule has 110 valence electrons. The van der Waals surface area contributed by atoms with Crippen molar-refractivity contribution >= 4 is 43.3 Å². The van der Waals surface area contributed by atoms with Crippen LogP contribution >= 0.6 is 27.5 Å². The number of para-hydroxylation sites is 1. The lowest BCUT2D eigenvalue weighted by molar-refractivity contribution is -0.384. The van der Waals surface area contributed by atoms with Crippen molar-refractivity contribution in [3.05, 3.63) is 62.1 Å². The number of rotatable bonds is 4. The van der Waals surface area contributed by atoms with E-state index in [1.165, 1.54) is 6.07 Å². The zero-order chi connectivity index (χ0) is 15.6. The van der Waals surface area contributed by atoms with Gasteiger partial charge in [-0.2, -0.15) is 8.42 Å². The topological polar surface area (TPSA) is 86.5 Å². The molecule has 0 heterocycles. The summed E-state index contributed by atoms with van der Waals surface area (Å²) in [6.45, 7) is 0. The highest BCUT2D eigenvalue weighted by Crippen LogP contribution is 2.30. The van der Waals surface area contributed by atoms with Gasteiger partial charge in [0.05, 0.1) is 9.40 Å². The van der Waals surface area contributed by atoms with E-state index in [1.54, 1.807) is 18.2 Å². The predicted octanol–water partition coefficient (Wildman–Crippen LogP) is 3.78. The average Bonchev–Trinajstić information content (AvgIpc) is 2.41. The van der Waals surface area contributed by atoms with Crippen LogP contribution in [0.5, 0.6) is 5.75 Å². The number of hydrogen-bond acceptors (Lipinski definition) is 5. The summed E-state index contributed by atoms with van der Waals surface area (Å²) < 4.78 is 29.7. The van der Waals surface area contributed by atoms with Crippen LogP contribution in [0.15, 0.2) is 51.8 Å². The highest BCUT2D eigenvalue weighted by Gasteiger charge is 2.23. The Morgan fingerprint density at radius 2 is 1.86 bits per heavy atom. The first-order valence-corrected chi connectivity index (χ1v) is 8.02. The van der Waals surface area contributed by atoms with E-state index in [0.717, 1.165) is 18.2 Å². The molecule has 0 spiro atoms. The van der Waals surface area contributed by atoms with E-state index in [1.807, 2.05) is 0 Å². The van der Waals surface area contributed by atoms with Crippen molar-refractivity contribution in [2.45, 2.75) is 4.90 Å². The molecule has 6 nitrogen and oxygen atoms in total. The average molecular weight is 393 g/mol. The summed E-state index contributed by atoms with van der Waals surface area (Å²) >= 11 is 8.79. The van der Waals surface area contributed by atoms with Crippen molar-refractivity contribution in [1.29, 1.82) is 0 Å². The molecule has 2 aromatic carbocycles. The van der Waals surface area contributed by atoms with E-state index >= 15 is 0 Å². The van der Waals surface area contributed by atoms with Gasteiger partial charge in [-0.05, 0) is 40.2 Å². The summed E-state index contributed by atoms with van der Waals surface area (Å²) in [5.74, 6) is 0.0788. The van der Waals surface area contributed by atoms with Gasteiger partial charge in [-0.1, -0.05) is 23.7 Å².